The first-order valence-corrected chi connectivity index (χ1v) is 6.91. The summed E-state index contributed by atoms with van der Waals surface area (Å²) in [7, 11) is -1.82. The summed E-state index contributed by atoms with van der Waals surface area (Å²) in [5.74, 6) is 0.00204. The molecule has 96 valence electrons. The van der Waals surface area contributed by atoms with Gasteiger partial charge in [-0.3, -0.25) is 4.98 Å². The quantitative estimate of drug-likeness (QED) is 0.859. The SMILES string of the molecule is COC(C)(C)CCS(=O)(=O)c1ccncc1N. The van der Waals surface area contributed by atoms with Crippen molar-refractivity contribution in [1.29, 1.82) is 0 Å². The van der Waals surface area contributed by atoms with Crippen LogP contribution >= 0.6 is 0 Å². The number of nitrogen functional groups attached to an aromatic ring is 1. The third kappa shape index (κ3) is 3.67. The zero-order valence-corrected chi connectivity index (χ0v) is 11.1. The van der Waals surface area contributed by atoms with Gasteiger partial charge in [-0.1, -0.05) is 0 Å². The summed E-state index contributed by atoms with van der Waals surface area (Å²) in [5, 5.41) is 0. The van der Waals surface area contributed by atoms with Crippen molar-refractivity contribution in [3.63, 3.8) is 0 Å². The molecule has 6 heteroatoms. The molecular weight excluding hydrogens is 240 g/mol. The summed E-state index contributed by atoms with van der Waals surface area (Å²) in [6.45, 7) is 3.69. The zero-order chi connectivity index (χ0) is 13.1. The Hall–Kier alpha value is -1.14. The van der Waals surface area contributed by atoms with E-state index in [0.717, 1.165) is 0 Å². The largest absolute Gasteiger partial charge is 0.396 e. The zero-order valence-electron chi connectivity index (χ0n) is 10.3. The molecule has 1 rings (SSSR count). The molecule has 0 bridgehead atoms. The number of anilines is 1. The van der Waals surface area contributed by atoms with Gasteiger partial charge in [0.25, 0.3) is 0 Å². The maximum absolute atomic E-state index is 12.1. The van der Waals surface area contributed by atoms with Crippen LogP contribution in [0.25, 0.3) is 0 Å². The minimum atomic E-state index is -3.38. The number of sulfone groups is 1. The molecule has 1 aromatic heterocycles. The van der Waals surface area contributed by atoms with Crippen LogP contribution < -0.4 is 5.73 Å². The van der Waals surface area contributed by atoms with Gasteiger partial charge in [-0.05, 0) is 26.3 Å². The van der Waals surface area contributed by atoms with Gasteiger partial charge >= 0.3 is 0 Å². The second-order valence-corrected chi connectivity index (χ2v) is 6.52. The highest BCUT2D eigenvalue weighted by atomic mass is 32.2. The highest BCUT2D eigenvalue weighted by Crippen LogP contribution is 2.21. The lowest BCUT2D eigenvalue weighted by Gasteiger charge is -2.22. The Labute approximate surface area is 102 Å². The fraction of sp³-hybridized carbons (Fsp3) is 0.545. The van der Waals surface area contributed by atoms with Gasteiger partial charge in [0.15, 0.2) is 9.84 Å². The van der Waals surface area contributed by atoms with Gasteiger partial charge in [-0.2, -0.15) is 0 Å². The van der Waals surface area contributed by atoms with Crippen LogP contribution in [0.15, 0.2) is 23.4 Å². The first-order chi connectivity index (χ1) is 7.78. The molecule has 0 aliphatic carbocycles. The molecule has 0 spiro atoms. The molecule has 17 heavy (non-hydrogen) atoms. The molecule has 0 fully saturated rings. The van der Waals surface area contributed by atoms with Crippen molar-refractivity contribution < 1.29 is 13.2 Å². The van der Waals surface area contributed by atoms with Gasteiger partial charge in [-0.25, -0.2) is 8.42 Å². The molecule has 0 saturated carbocycles. The third-order valence-corrected chi connectivity index (χ3v) is 4.45. The van der Waals surface area contributed by atoms with Crippen molar-refractivity contribution in [3.8, 4) is 0 Å². The molecule has 0 aliphatic rings. The number of aromatic nitrogens is 1. The fourth-order valence-electron chi connectivity index (χ4n) is 1.27. The normalized spacial score (nSPS) is 12.6. The van der Waals surface area contributed by atoms with E-state index in [9.17, 15) is 8.42 Å². The van der Waals surface area contributed by atoms with Crippen LogP contribution in [-0.2, 0) is 14.6 Å². The molecule has 0 saturated heterocycles. The van der Waals surface area contributed by atoms with E-state index in [4.69, 9.17) is 10.5 Å². The molecule has 0 atom stereocenters. The molecule has 2 N–H and O–H groups in total. The third-order valence-electron chi connectivity index (χ3n) is 2.67. The lowest BCUT2D eigenvalue weighted by Crippen LogP contribution is -2.26. The van der Waals surface area contributed by atoms with Gasteiger partial charge in [0.1, 0.15) is 0 Å². The van der Waals surface area contributed by atoms with Crippen molar-refractivity contribution in [3.05, 3.63) is 18.5 Å². The van der Waals surface area contributed by atoms with Gasteiger partial charge < -0.3 is 10.5 Å². The smallest absolute Gasteiger partial charge is 0.180 e. The fourth-order valence-corrected chi connectivity index (χ4v) is 2.93. The average Bonchev–Trinajstić information content (AvgIpc) is 2.27. The Morgan fingerprint density at radius 3 is 2.65 bits per heavy atom. The van der Waals surface area contributed by atoms with Crippen LogP contribution in [0.4, 0.5) is 5.69 Å². The summed E-state index contributed by atoms with van der Waals surface area (Å²) >= 11 is 0. The molecular formula is C11H18N2O3S. The minimum absolute atomic E-state index is 0.00204. The maximum Gasteiger partial charge on any atom is 0.180 e. The molecule has 5 nitrogen and oxygen atoms in total. The number of hydrogen-bond acceptors (Lipinski definition) is 5. The Bertz CT molecular complexity index is 483. The predicted molar refractivity (Wildman–Crippen MR) is 66.4 cm³/mol. The van der Waals surface area contributed by atoms with E-state index in [2.05, 4.69) is 4.98 Å². The highest BCUT2D eigenvalue weighted by molar-refractivity contribution is 7.91. The standard InChI is InChI=1S/C11H18N2O3S/c1-11(2,16-3)5-7-17(14,15)10-4-6-13-8-9(10)12/h4,6,8H,5,7,12H2,1-3H3. The monoisotopic (exact) mass is 258 g/mol. The van der Waals surface area contributed by atoms with Crippen LogP contribution in [0, 0.1) is 0 Å². The van der Waals surface area contributed by atoms with E-state index in [1.165, 1.54) is 18.5 Å². The number of methoxy groups -OCH3 is 1. The molecule has 0 aliphatic heterocycles. The van der Waals surface area contributed by atoms with Crippen LogP contribution in [0.1, 0.15) is 20.3 Å². The summed E-state index contributed by atoms with van der Waals surface area (Å²) in [5.41, 5.74) is 5.33. The van der Waals surface area contributed by atoms with Crippen LogP contribution in [0.2, 0.25) is 0 Å². The second-order valence-electron chi connectivity index (χ2n) is 4.45. The molecule has 1 aromatic rings. The summed E-state index contributed by atoms with van der Waals surface area (Å²) in [6, 6.07) is 1.42. The molecule has 0 amide bonds. The van der Waals surface area contributed by atoms with Gasteiger partial charge in [0.2, 0.25) is 0 Å². The Balaban J connectivity index is 2.88. The lowest BCUT2D eigenvalue weighted by atomic mass is 10.1. The number of rotatable bonds is 5. The van der Waals surface area contributed by atoms with Crippen molar-refractivity contribution in [2.24, 2.45) is 0 Å². The Kier molecular flexibility index (Phi) is 4.11. The van der Waals surface area contributed by atoms with E-state index in [1.54, 1.807) is 7.11 Å². The Morgan fingerprint density at radius 2 is 2.12 bits per heavy atom. The van der Waals surface area contributed by atoms with E-state index in [1.807, 2.05) is 13.8 Å². The van der Waals surface area contributed by atoms with Gasteiger partial charge in [-0.15, -0.1) is 0 Å². The van der Waals surface area contributed by atoms with E-state index in [-0.39, 0.29) is 16.3 Å². The maximum atomic E-state index is 12.1. The van der Waals surface area contributed by atoms with Crippen LogP contribution in [0.5, 0.6) is 0 Å². The lowest BCUT2D eigenvalue weighted by molar-refractivity contribution is 0.0203. The van der Waals surface area contributed by atoms with Crippen molar-refractivity contribution in [1.82, 2.24) is 4.98 Å². The summed E-state index contributed by atoms with van der Waals surface area (Å²) in [6.07, 6.45) is 3.17. The first-order valence-electron chi connectivity index (χ1n) is 5.26. The summed E-state index contributed by atoms with van der Waals surface area (Å²) < 4.78 is 29.3. The Morgan fingerprint density at radius 1 is 1.47 bits per heavy atom. The number of nitrogens with zero attached hydrogens (tertiary/aromatic N) is 1. The predicted octanol–water partition coefficient (Wildman–Crippen LogP) is 1.25. The molecule has 1 heterocycles. The number of pyridine rings is 1. The number of nitrogens with two attached hydrogens (primary N) is 1. The van der Waals surface area contributed by atoms with Crippen LogP contribution in [0.3, 0.4) is 0 Å². The first kappa shape index (κ1) is 13.9. The number of ether oxygens (including phenoxy) is 1. The number of hydrogen-bond donors (Lipinski definition) is 1. The topological polar surface area (TPSA) is 82.3 Å². The minimum Gasteiger partial charge on any atom is -0.396 e. The van der Waals surface area contributed by atoms with E-state index in [0.29, 0.717) is 6.42 Å². The summed E-state index contributed by atoms with van der Waals surface area (Å²) in [4.78, 5) is 3.91. The van der Waals surface area contributed by atoms with Crippen molar-refractivity contribution >= 4 is 15.5 Å². The van der Waals surface area contributed by atoms with Crippen molar-refractivity contribution in [2.75, 3.05) is 18.6 Å². The van der Waals surface area contributed by atoms with E-state index >= 15 is 0 Å². The molecule has 0 radical (unpaired) electrons. The van der Waals surface area contributed by atoms with Gasteiger partial charge in [0, 0.05) is 13.3 Å². The average molecular weight is 258 g/mol. The highest BCUT2D eigenvalue weighted by Gasteiger charge is 2.23. The van der Waals surface area contributed by atoms with Crippen molar-refractivity contribution in [2.45, 2.75) is 30.8 Å². The van der Waals surface area contributed by atoms with E-state index < -0.39 is 15.4 Å². The van der Waals surface area contributed by atoms with Gasteiger partial charge in [0.05, 0.1) is 28.1 Å². The van der Waals surface area contributed by atoms with Crippen LogP contribution in [-0.4, -0.2) is 31.9 Å². The second kappa shape index (κ2) is 5.01. The molecule has 0 aromatic carbocycles. The molecule has 0 unspecified atom stereocenters.